The molecule has 0 aromatic rings. The molecule has 0 spiro atoms. The third-order valence-corrected chi connectivity index (χ3v) is 10.8. The van der Waals surface area contributed by atoms with E-state index in [9.17, 15) is 9.59 Å². The number of nitrogens with zero attached hydrogens (tertiary/aromatic N) is 2. The van der Waals surface area contributed by atoms with E-state index in [2.05, 4.69) is 38.7 Å². The average Bonchev–Trinajstić information content (AvgIpc) is 3.46. The molecule has 0 aromatic heterocycles. The Morgan fingerprint density at radius 1 is 0.511 bits per heavy atom. The highest BCUT2D eigenvalue weighted by atomic mass is 16.1. The minimum Gasteiger partial charge on any atom is -0.318 e. The molecule has 45 heavy (non-hydrogen) atoms. The number of hydrogen-bond donors (Lipinski definition) is 2. The van der Waals surface area contributed by atoms with E-state index < -0.39 is 0 Å². The molecule has 0 saturated carbocycles. The van der Waals surface area contributed by atoms with Crippen LogP contribution in [0.25, 0.3) is 0 Å². The summed E-state index contributed by atoms with van der Waals surface area (Å²) in [5.74, 6) is 0.771. The molecule has 0 bridgehead atoms. The summed E-state index contributed by atoms with van der Waals surface area (Å²) < 4.78 is 1.52. The van der Waals surface area contributed by atoms with Gasteiger partial charge in [0.05, 0.1) is 39.8 Å². The summed E-state index contributed by atoms with van der Waals surface area (Å²) in [7, 11) is 6.74. The van der Waals surface area contributed by atoms with E-state index in [0.717, 1.165) is 62.9 Å². The van der Waals surface area contributed by atoms with Gasteiger partial charge in [0.2, 0.25) is 11.6 Å². The lowest BCUT2D eigenvalue weighted by atomic mass is 10.0. The number of unbranched alkanes of at least 4 members (excludes halogenated alkanes) is 15. The molecule has 3 atom stereocenters. The van der Waals surface area contributed by atoms with Crippen LogP contribution in [0.3, 0.4) is 0 Å². The van der Waals surface area contributed by atoms with E-state index in [1.807, 2.05) is 0 Å². The normalized spacial score (nSPS) is 21.2. The van der Waals surface area contributed by atoms with Gasteiger partial charge in [-0.3, -0.25) is 9.59 Å². The first kappa shape index (κ1) is 40.4. The van der Waals surface area contributed by atoms with Gasteiger partial charge in [-0.1, -0.05) is 122 Å². The molecular formula is C39H78N4O2+2. The first-order chi connectivity index (χ1) is 21.7. The zero-order valence-electron chi connectivity index (χ0n) is 30.8. The Bertz CT molecular complexity index is 756. The van der Waals surface area contributed by atoms with Gasteiger partial charge in [-0.15, -0.1) is 0 Å². The van der Waals surface area contributed by atoms with E-state index in [1.54, 1.807) is 0 Å². The largest absolute Gasteiger partial charge is 0.318 e. The van der Waals surface area contributed by atoms with Crippen LogP contribution < -0.4 is 10.6 Å². The van der Waals surface area contributed by atoms with Crippen LogP contribution in [-0.2, 0) is 9.59 Å². The predicted octanol–water partition coefficient (Wildman–Crippen LogP) is 7.97. The molecule has 0 aromatic carbocycles. The van der Waals surface area contributed by atoms with Gasteiger partial charge in [-0.2, -0.15) is 0 Å². The number of carbonyl (C=O) groups is 2. The highest BCUT2D eigenvalue weighted by molar-refractivity contribution is 5.85. The monoisotopic (exact) mass is 635 g/mol. The molecule has 6 heteroatoms. The Kier molecular flexibility index (Phi) is 21.8. The van der Waals surface area contributed by atoms with Crippen molar-refractivity contribution in [3.8, 4) is 0 Å². The maximum Gasteiger partial charge on any atom is 0.203 e. The van der Waals surface area contributed by atoms with E-state index in [1.165, 1.54) is 128 Å². The van der Waals surface area contributed by atoms with Crippen molar-refractivity contribution in [3.63, 3.8) is 0 Å². The molecule has 2 aliphatic heterocycles. The smallest absolute Gasteiger partial charge is 0.203 e. The Hall–Kier alpha value is -0.820. The second-order valence-corrected chi connectivity index (χ2v) is 16.0. The molecule has 2 rings (SSSR count). The van der Waals surface area contributed by atoms with E-state index in [-0.39, 0.29) is 12.1 Å². The summed E-state index contributed by atoms with van der Waals surface area (Å²) in [5, 5.41) is 7.05. The number of nitrogens with one attached hydrogen (secondary N) is 2. The molecule has 2 N–H and O–H groups in total. The van der Waals surface area contributed by atoms with Gasteiger partial charge in [0, 0.05) is 0 Å². The number of ketones is 2. The van der Waals surface area contributed by atoms with Crippen molar-refractivity contribution in [2.24, 2.45) is 0 Å². The SMILES string of the molecule is CCCCCCCCCCCCCCCCCC[N+](C)(CC[N+](C)(C)CC(=O)C1CCCCCN1)CC(=O)C1CCCCCN1. The number of hydrogen-bond acceptors (Lipinski definition) is 4. The Morgan fingerprint density at radius 3 is 1.40 bits per heavy atom. The van der Waals surface area contributed by atoms with Crippen molar-refractivity contribution >= 4 is 11.6 Å². The van der Waals surface area contributed by atoms with Crippen molar-refractivity contribution in [2.75, 3.05) is 67.0 Å². The molecule has 0 radical (unpaired) electrons. The topological polar surface area (TPSA) is 58.2 Å². The summed E-state index contributed by atoms with van der Waals surface area (Å²) >= 11 is 0. The van der Waals surface area contributed by atoms with E-state index in [4.69, 9.17) is 0 Å². The molecule has 0 aliphatic carbocycles. The Balaban J connectivity index is 1.72. The molecule has 3 unspecified atom stereocenters. The van der Waals surface area contributed by atoms with Gasteiger partial charge < -0.3 is 19.6 Å². The Morgan fingerprint density at radius 2 is 0.933 bits per heavy atom. The number of rotatable bonds is 26. The van der Waals surface area contributed by atoms with Crippen LogP contribution in [0.15, 0.2) is 0 Å². The van der Waals surface area contributed by atoms with Crippen molar-refractivity contribution < 1.29 is 18.6 Å². The molecule has 2 aliphatic rings. The predicted molar refractivity (Wildman–Crippen MR) is 193 cm³/mol. The number of quaternary nitrogens is 2. The minimum absolute atomic E-state index is 0.0266. The summed E-state index contributed by atoms with van der Waals surface area (Å²) in [4.78, 5) is 26.7. The highest BCUT2D eigenvalue weighted by Crippen LogP contribution is 2.18. The lowest BCUT2D eigenvalue weighted by Crippen LogP contribution is -2.58. The molecular weight excluding hydrogens is 556 g/mol. The van der Waals surface area contributed by atoms with Gasteiger partial charge in [-0.25, -0.2) is 0 Å². The van der Waals surface area contributed by atoms with Crippen LogP contribution in [0.2, 0.25) is 0 Å². The fourth-order valence-electron chi connectivity index (χ4n) is 7.53. The number of Topliss-reactive ketones (excluding diaryl/α,β-unsaturated/α-hetero) is 2. The van der Waals surface area contributed by atoms with Gasteiger partial charge in [0.15, 0.2) is 0 Å². The summed E-state index contributed by atoms with van der Waals surface area (Å²) in [5.41, 5.74) is 0. The van der Waals surface area contributed by atoms with E-state index in [0.29, 0.717) is 29.1 Å². The number of likely N-dealkylation sites (N-methyl/N-ethyl adjacent to an activating group) is 2. The zero-order chi connectivity index (χ0) is 32.6. The fraction of sp³-hybridized carbons (Fsp3) is 0.949. The average molecular weight is 635 g/mol. The molecule has 2 saturated heterocycles. The Labute approximate surface area is 280 Å². The highest BCUT2D eigenvalue weighted by Gasteiger charge is 2.34. The van der Waals surface area contributed by atoms with Crippen LogP contribution in [0.5, 0.6) is 0 Å². The maximum absolute atomic E-state index is 13.5. The maximum atomic E-state index is 13.5. The lowest BCUT2D eigenvalue weighted by molar-refractivity contribution is -0.948. The summed E-state index contributed by atoms with van der Waals surface area (Å²) in [6, 6.07) is 0.0555. The van der Waals surface area contributed by atoms with Gasteiger partial charge in [-0.05, 0) is 51.6 Å². The van der Waals surface area contributed by atoms with Crippen molar-refractivity contribution in [2.45, 2.75) is 173 Å². The van der Waals surface area contributed by atoms with Gasteiger partial charge >= 0.3 is 0 Å². The molecule has 6 nitrogen and oxygen atoms in total. The van der Waals surface area contributed by atoms with Crippen molar-refractivity contribution in [1.29, 1.82) is 0 Å². The molecule has 0 amide bonds. The summed E-state index contributed by atoms with van der Waals surface area (Å²) in [6.45, 7) is 8.38. The first-order valence-corrected chi connectivity index (χ1v) is 19.9. The minimum atomic E-state index is 0.0266. The van der Waals surface area contributed by atoms with Gasteiger partial charge in [0.25, 0.3) is 0 Å². The van der Waals surface area contributed by atoms with Crippen LogP contribution in [0, 0.1) is 0 Å². The van der Waals surface area contributed by atoms with Crippen molar-refractivity contribution in [3.05, 3.63) is 0 Å². The van der Waals surface area contributed by atoms with Crippen LogP contribution in [-0.4, -0.2) is 99.6 Å². The molecule has 2 fully saturated rings. The van der Waals surface area contributed by atoms with Crippen LogP contribution >= 0.6 is 0 Å². The van der Waals surface area contributed by atoms with Gasteiger partial charge in [0.1, 0.15) is 26.2 Å². The summed E-state index contributed by atoms with van der Waals surface area (Å²) in [6.07, 6.45) is 31.2. The zero-order valence-corrected chi connectivity index (χ0v) is 30.8. The lowest BCUT2D eigenvalue weighted by Gasteiger charge is -2.38. The van der Waals surface area contributed by atoms with Crippen LogP contribution in [0.4, 0.5) is 0 Å². The van der Waals surface area contributed by atoms with Crippen LogP contribution in [0.1, 0.15) is 161 Å². The number of carbonyl (C=O) groups excluding carboxylic acids is 2. The standard InChI is InChI=1S/C39H78N4O2/c1-5-6-7-8-9-10-11-12-13-14-15-16-17-18-19-26-31-43(4,35-39(45)37-28-23-21-25-30-41-37)33-32-42(2,3)34-38(44)36-27-22-20-24-29-40-36/h36-37,40-41H,5-35H2,1-4H3/q+2. The fourth-order valence-corrected chi connectivity index (χ4v) is 7.53. The molecule has 2 heterocycles. The second kappa shape index (κ2) is 24.3. The third-order valence-electron chi connectivity index (χ3n) is 10.8. The third kappa shape index (κ3) is 19.6. The molecule has 264 valence electrons. The van der Waals surface area contributed by atoms with E-state index >= 15 is 0 Å². The quantitative estimate of drug-likeness (QED) is 0.0749. The van der Waals surface area contributed by atoms with Crippen molar-refractivity contribution in [1.82, 2.24) is 10.6 Å². The first-order valence-electron chi connectivity index (χ1n) is 19.9. The second-order valence-electron chi connectivity index (χ2n) is 16.0.